The second kappa shape index (κ2) is 6.46. The van der Waals surface area contributed by atoms with E-state index in [1.807, 2.05) is 13.0 Å². The molecule has 1 aromatic carbocycles. The Morgan fingerprint density at radius 1 is 1.32 bits per heavy atom. The van der Waals surface area contributed by atoms with E-state index in [9.17, 15) is 9.50 Å². The molecule has 0 aliphatic carbocycles. The maximum Gasteiger partial charge on any atom is 0.123 e. The molecule has 1 aromatic rings. The van der Waals surface area contributed by atoms with Gasteiger partial charge in [-0.05, 0) is 62.0 Å². The Kier molecular flexibility index (Phi) is 4.91. The number of hydrogen-bond donors (Lipinski definition) is 2. The Morgan fingerprint density at radius 2 is 1.95 bits per heavy atom. The summed E-state index contributed by atoms with van der Waals surface area (Å²) in [6, 6.07) is 5.05. The first-order valence-corrected chi connectivity index (χ1v) is 6.97. The lowest BCUT2D eigenvalue weighted by atomic mass is 9.92. The van der Waals surface area contributed by atoms with Crippen molar-refractivity contribution in [2.45, 2.75) is 39.0 Å². The van der Waals surface area contributed by atoms with Gasteiger partial charge in [-0.15, -0.1) is 0 Å². The van der Waals surface area contributed by atoms with Crippen LogP contribution in [0.4, 0.5) is 4.39 Å². The van der Waals surface area contributed by atoms with Crippen LogP contribution in [0.3, 0.4) is 0 Å². The van der Waals surface area contributed by atoms with Gasteiger partial charge < -0.3 is 10.8 Å². The van der Waals surface area contributed by atoms with Gasteiger partial charge in [0, 0.05) is 13.1 Å². The van der Waals surface area contributed by atoms with Gasteiger partial charge in [0.1, 0.15) is 5.82 Å². The van der Waals surface area contributed by atoms with E-state index in [2.05, 4.69) is 4.90 Å². The molecule has 3 nitrogen and oxygen atoms in total. The molecule has 1 heterocycles. The third-order valence-corrected chi connectivity index (χ3v) is 3.97. The summed E-state index contributed by atoms with van der Waals surface area (Å²) in [7, 11) is 0. The fourth-order valence-electron chi connectivity index (χ4n) is 2.78. The van der Waals surface area contributed by atoms with Crippen LogP contribution >= 0.6 is 0 Å². The van der Waals surface area contributed by atoms with Gasteiger partial charge in [-0.25, -0.2) is 4.39 Å². The molecule has 0 aromatic heterocycles. The predicted molar refractivity (Wildman–Crippen MR) is 74.0 cm³/mol. The molecule has 1 saturated heterocycles. The molecule has 0 saturated carbocycles. The van der Waals surface area contributed by atoms with Crippen LogP contribution in [0.2, 0.25) is 0 Å². The normalized spacial score (nSPS) is 19.6. The summed E-state index contributed by atoms with van der Waals surface area (Å²) >= 11 is 0. The summed E-state index contributed by atoms with van der Waals surface area (Å²) in [6.07, 6.45) is 1.80. The quantitative estimate of drug-likeness (QED) is 0.875. The SMILES string of the molecule is CC(O)C1CCN(Cc2cc(F)cc(CN)c2)CC1. The van der Waals surface area contributed by atoms with E-state index in [0.29, 0.717) is 12.5 Å². The molecule has 1 aliphatic rings. The summed E-state index contributed by atoms with van der Waals surface area (Å²) in [5, 5.41) is 9.58. The summed E-state index contributed by atoms with van der Waals surface area (Å²) < 4.78 is 13.4. The summed E-state index contributed by atoms with van der Waals surface area (Å²) in [5.41, 5.74) is 7.39. The number of aliphatic hydroxyl groups excluding tert-OH is 1. The predicted octanol–water partition coefficient (Wildman–Crippen LogP) is 1.88. The second-order valence-electron chi connectivity index (χ2n) is 5.53. The largest absolute Gasteiger partial charge is 0.393 e. The third kappa shape index (κ3) is 4.00. The van der Waals surface area contributed by atoms with Crippen LogP contribution in [0.5, 0.6) is 0 Å². The van der Waals surface area contributed by atoms with E-state index in [4.69, 9.17) is 5.73 Å². The Balaban J connectivity index is 1.93. The smallest absolute Gasteiger partial charge is 0.123 e. The molecule has 0 spiro atoms. The average Bonchev–Trinajstić information content (AvgIpc) is 2.38. The number of rotatable bonds is 4. The van der Waals surface area contributed by atoms with Crippen LogP contribution in [0, 0.1) is 11.7 Å². The molecule has 1 atom stereocenters. The Labute approximate surface area is 114 Å². The minimum atomic E-state index is -0.222. The molecule has 19 heavy (non-hydrogen) atoms. The topological polar surface area (TPSA) is 49.5 Å². The van der Waals surface area contributed by atoms with Gasteiger partial charge in [0.15, 0.2) is 0 Å². The van der Waals surface area contributed by atoms with E-state index in [1.165, 1.54) is 6.07 Å². The van der Waals surface area contributed by atoms with E-state index in [-0.39, 0.29) is 11.9 Å². The van der Waals surface area contributed by atoms with Crippen molar-refractivity contribution in [1.82, 2.24) is 4.90 Å². The maximum absolute atomic E-state index is 13.4. The molecule has 1 fully saturated rings. The molecule has 4 heteroatoms. The zero-order valence-corrected chi connectivity index (χ0v) is 11.5. The van der Waals surface area contributed by atoms with Crippen molar-refractivity contribution < 1.29 is 9.50 Å². The highest BCUT2D eigenvalue weighted by atomic mass is 19.1. The monoisotopic (exact) mass is 266 g/mol. The number of piperidine rings is 1. The summed E-state index contributed by atoms with van der Waals surface area (Å²) in [4.78, 5) is 2.31. The lowest BCUT2D eigenvalue weighted by Gasteiger charge is -2.33. The van der Waals surface area contributed by atoms with Gasteiger partial charge in [-0.2, -0.15) is 0 Å². The number of halogens is 1. The van der Waals surface area contributed by atoms with Gasteiger partial charge in [-0.3, -0.25) is 4.90 Å². The fraction of sp³-hybridized carbons (Fsp3) is 0.600. The molecule has 0 amide bonds. The van der Waals surface area contributed by atoms with Crippen LogP contribution < -0.4 is 5.73 Å². The first-order valence-electron chi connectivity index (χ1n) is 6.97. The number of benzene rings is 1. The molecule has 3 N–H and O–H groups in total. The van der Waals surface area contributed by atoms with E-state index in [1.54, 1.807) is 6.07 Å². The second-order valence-corrected chi connectivity index (χ2v) is 5.53. The number of nitrogens with zero attached hydrogens (tertiary/aromatic N) is 1. The van der Waals surface area contributed by atoms with Crippen molar-refractivity contribution in [3.05, 3.63) is 35.1 Å². The molecule has 2 rings (SSSR count). The molecule has 0 bridgehead atoms. The minimum Gasteiger partial charge on any atom is -0.393 e. The van der Waals surface area contributed by atoms with Crippen LogP contribution in [0.15, 0.2) is 18.2 Å². The van der Waals surface area contributed by atoms with Crippen molar-refractivity contribution in [1.29, 1.82) is 0 Å². The van der Waals surface area contributed by atoms with Gasteiger partial charge in [-0.1, -0.05) is 6.07 Å². The van der Waals surface area contributed by atoms with Crippen molar-refractivity contribution in [2.24, 2.45) is 11.7 Å². The highest BCUT2D eigenvalue weighted by molar-refractivity contribution is 5.24. The zero-order valence-electron chi connectivity index (χ0n) is 11.5. The lowest BCUT2D eigenvalue weighted by Crippen LogP contribution is -2.36. The summed E-state index contributed by atoms with van der Waals surface area (Å²) in [5.74, 6) is 0.195. The van der Waals surface area contributed by atoms with Gasteiger partial charge >= 0.3 is 0 Å². The number of aliphatic hydroxyl groups is 1. The molecule has 0 radical (unpaired) electrons. The standard InChI is InChI=1S/C15H23FN2O/c1-11(19)14-2-4-18(5-3-14)10-13-6-12(9-17)7-15(16)8-13/h6-8,11,14,19H,2-5,9-10,17H2,1H3. The van der Waals surface area contributed by atoms with Gasteiger partial charge in [0.25, 0.3) is 0 Å². The van der Waals surface area contributed by atoms with Crippen LogP contribution in [0.25, 0.3) is 0 Å². The number of likely N-dealkylation sites (tertiary alicyclic amines) is 1. The summed E-state index contributed by atoms with van der Waals surface area (Å²) in [6.45, 7) is 4.92. The van der Waals surface area contributed by atoms with E-state index in [0.717, 1.165) is 43.6 Å². The lowest BCUT2D eigenvalue weighted by molar-refractivity contribution is 0.0695. The van der Waals surface area contributed by atoms with Crippen molar-refractivity contribution >= 4 is 0 Å². The zero-order chi connectivity index (χ0) is 13.8. The van der Waals surface area contributed by atoms with E-state index < -0.39 is 0 Å². The van der Waals surface area contributed by atoms with Gasteiger partial charge in [0.2, 0.25) is 0 Å². The van der Waals surface area contributed by atoms with Crippen molar-refractivity contribution in [3.63, 3.8) is 0 Å². The Hall–Kier alpha value is -0.970. The van der Waals surface area contributed by atoms with Crippen molar-refractivity contribution in [3.8, 4) is 0 Å². The average molecular weight is 266 g/mol. The van der Waals surface area contributed by atoms with Crippen LogP contribution in [0.1, 0.15) is 30.9 Å². The van der Waals surface area contributed by atoms with Gasteiger partial charge in [0.05, 0.1) is 6.10 Å². The van der Waals surface area contributed by atoms with Crippen LogP contribution in [-0.2, 0) is 13.1 Å². The highest BCUT2D eigenvalue weighted by Gasteiger charge is 2.22. The molecule has 1 aliphatic heterocycles. The fourth-order valence-corrected chi connectivity index (χ4v) is 2.78. The molecule has 1 unspecified atom stereocenters. The molecule has 106 valence electrons. The first-order chi connectivity index (χ1) is 9.08. The maximum atomic E-state index is 13.4. The van der Waals surface area contributed by atoms with Crippen LogP contribution in [-0.4, -0.2) is 29.2 Å². The molecular weight excluding hydrogens is 243 g/mol. The highest BCUT2D eigenvalue weighted by Crippen LogP contribution is 2.22. The third-order valence-electron chi connectivity index (χ3n) is 3.97. The number of nitrogens with two attached hydrogens (primary N) is 1. The van der Waals surface area contributed by atoms with E-state index >= 15 is 0 Å². The molecular formula is C15H23FN2O. The number of hydrogen-bond acceptors (Lipinski definition) is 3. The Morgan fingerprint density at radius 3 is 2.53 bits per heavy atom. The Bertz CT molecular complexity index is 415. The van der Waals surface area contributed by atoms with Crippen molar-refractivity contribution in [2.75, 3.05) is 13.1 Å². The minimum absolute atomic E-state index is 0.211. The first kappa shape index (κ1) is 14.4.